The minimum Gasteiger partial charge on any atom is -0.505 e. The number of benzene rings is 2. The van der Waals surface area contributed by atoms with Crippen LogP contribution in [-0.4, -0.2) is 14.7 Å². The number of oxazole rings is 1. The Kier molecular flexibility index (Phi) is 4.63. The monoisotopic (exact) mass is 432 g/mol. The number of aryl methyl sites for hydroxylation is 1. The van der Waals surface area contributed by atoms with Crippen LogP contribution in [0.15, 0.2) is 89.2 Å². The smallest absolute Gasteiger partial charge is 0.354 e. The Morgan fingerprint density at radius 3 is 2.52 bits per heavy atom. The van der Waals surface area contributed by atoms with Gasteiger partial charge in [-0.15, -0.1) is 0 Å². The summed E-state index contributed by atoms with van der Waals surface area (Å²) in [6.45, 7) is 2.08. The lowest BCUT2D eigenvalue weighted by Crippen LogP contribution is -2.24. The van der Waals surface area contributed by atoms with E-state index < -0.39 is 16.9 Å². The molecule has 0 unspecified atom stereocenters. The highest BCUT2D eigenvalue weighted by Crippen LogP contribution is 2.36. The first-order valence-corrected chi connectivity index (χ1v) is 10.3. The molecule has 2 aromatic carbocycles. The molecule has 154 valence electrons. The molecule has 5 aromatic rings. The Labute approximate surface area is 179 Å². The molecule has 0 aliphatic carbocycles. The number of hydrogen-bond donors (Lipinski definition) is 1. The molecule has 5 rings (SSSR count). The molecule has 0 spiro atoms. The van der Waals surface area contributed by atoms with Crippen LogP contribution >= 0.6 is 11.8 Å². The van der Waals surface area contributed by atoms with Gasteiger partial charge in [-0.2, -0.15) is 0 Å². The maximum atomic E-state index is 13.2. The van der Waals surface area contributed by atoms with Gasteiger partial charge in [-0.1, -0.05) is 42.5 Å². The van der Waals surface area contributed by atoms with Gasteiger partial charge >= 0.3 is 5.63 Å². The first kappa shape index (κ1) is 19.2. The zero-order valence-electron chi connectivity index (χ0n) is 16.4. The highest BCUT2D eigenvalue weighted by molar-refractivity contribution is 7.99. The van der Waals surface area contributed by atoms with E-state index in [1.807, 2.05) is 36.4 Å². The van der Waals surface area contributed by atoms with Gasteiger partial charge in [-0.25, -0.2) is 9.78 Å². The van der Waals surface area contributed by atoms with Gasteiger partial charge in [0, 0.05) is 11.8 Å². The van der Waals surface area contributed by atoms with E-state index in [0.29, 0.717) is 23.3 Å². The van der Waals surface area contributed by atoms with Gasteiger partial charge < -0.3 is 18.5 Å². The third-order valence-corrected chi connectivity index (χ3v) is 5.87. The predicted octanol–water partition coefficient (Wildman–Crippen LogP) is 4.31. The number of fused-ring (bicyclic) bond motifs is 2. The Balaban J connectivity index is 1.64. The van der Waals surface area contributed by atoms with Crippen LogP contribution in [0.25, 0.3) is 22.1 Å². The second-order valence-corrected chi connectivity index (χ2v) is 7.98. The Bertz CT molecular complexity index is 1520. The van der Waals surface area contributed by atoms with Crippen molar-refractivity contribution in [1.82, 2.24) is 9.55 Å². The standard InChI is InChI=1S/C23H16N2O5S/c1-13-11-17-18(21(27)25(13)12-14-7-3-2-4-8-14)19(26)20(22(28)29-17)31-23-24-15-9-5-6-10-16(15)30-23/h2-11,26H,12H2,1H3. The molecule has 1 N–H and O–H groups in total. The molecule has 8 heteroatoms. The summed E-state index contributed by atoms with van der Waals surface area (Å²) >= 11 is 0.822. The van der Waals surface area contributed by atoms with E-state index in [4.69, 9.17) is 8.83 Å². The quantitative estimate of drug-likeness (QED) is 0.452. The van der Waals surface area contributed by atoms with Crippen molar-refractivity contribution in [2.75, 3.05) is 0 Å². The van der Waals surface area contributed by atoms with Crippen LogP contribution in [0.5, 0.6) is 5.75 Å². The van der Waals surface area contributed by atoms with Crippen molar-refractivity contribution in [3.63, 3.8) is 0 Å². The van der Waals surface area contributed by atoms with E-state index in [1.165, 1.54) is 4.57 Å². The number of aromatic nitrogens is 2. The average molecular weight is 432 g/mol. The number of aromatic hydroxyl groups is 1. The van der Waals surface area contributed by atoms with Crippen molar-refractivity contribution in [2.24, 2.45) is 0 Å². The fourth-order valence-corrected chi connectivity index (χ4v) is 4.20. The van der Waals surface area contributed by atoms with E-state index in [0.717, 1.165) is 17.3 Å². The fourth-order valence-electron chi connectivity index (χ4n) is 3.43. The number of nitrogens with zero attached hydrogens (tertiary/aromatic N) is 2. The van der Waals surface area contributed by atoms with Crippen LogP contribution in [0, 0.1) is 6.92 Å². The summed E-state index contributed by atoms with van der Waals surface area (Å²) in [4.78, 5) is 29.9. The van der Waals surface area contributed by atoms with Crippen LogP contribution in [-0.2, 0) is 6.54 Å². The average Bonchev–Trinajstić information content (AvgIpc) is 3.17. The second-order valence-electron chi connectivity index (χ2n) is 7.02. The van der Waals surface area contributed by atoms with Gasteiger partial charge in [0.2, 0.25) is 0 Å². The fraction of sp³-hybridized carbons (Fsp3) is 0.0870. The van der Waals surface area contributed by atoms with Crippen LogP contribution in [0.3, 0.4) is 0 Å². The van der Waals surface area contributed by atoms with Crippen molar-refractivity contribution < 1.29 is 13.9 Å². The van der Waals surface area contributed by atoms with E-state index >= 15 is 0 Å². The largest absolute Gasteiger partial charge is 0.505 e. The Morgan fingerprint density at radius 1 is 1.00 bits per heavy atom. The van der Waals surface area contributed by atoms with E-state index in [2.05, 4.69) is 4.98 Å². The summed E-state index contributed by atoms with van der Waals surface area (Å²) < 4.78 is 12.5. The topological polar surface area (TPSA) is 98.5 Å². The summed E-state index contributed by atoms with van der Waals surface area (Å²) in [6, 6.07) is 18.2. The molecule has 0 fully saturated rings. The summed E-state index contributed by atoms with van der Waals surface area (Å²) in [7, 11) is 0. The molecule has 0 aliphatic heterocycles. The maximum Gasteiger partial charge on any atom is 0.354 e. The van der Waals surface area contributed by atoms with Crippen LogP contribution in [0.1, 0.15) is 11.3 Å². The third kappa shape index (κ3) is 3.40. The number of hydrogen-bond acceptors (Lipinski definition) is 7. The van der Waals surface area contributed by atoms with Gasteiger partial charge in [0.25, 0.3) is 10.8 Å². The molecule has 0 amide bonds. The molecule has 7 nitrogen and oxygen atoms in total. The maximum absolute atomic E-state index is 13.2. The van der Waals surface area contributed by atoms with E-state index in [-0.39, 0.29) is 21.1 Å². The van der Waals surface area contributed by atoms with Crippen LogP contribution in [0.4, 0.5) is 0 Å². The van der Waals surface area contributed by atoms with Crippen molar-refractivity contribution >= 4 is 33.8 Å². The Hall–Kier alpha value is -3.78. The summed E-state index contributed by atoms with van der Waals surface area (Å²) in [5, 5.41) is 11.0. The van der Waals surface area contributed by atoms with Gasteiger partial charge in [0.05, 0.1) is 6.54 Å². The zero-order chi connectivity index (χ0) is 21.5. The highest BCUT2D eigenvalue weighted by atomic mass is 32.2. The minimum atomic E-state index is -0.767. The molecule has 3 heterocycles. The minimum absolute atomic E-state index is 0.0382. The lowest BCUT2D eigenvalue weighted by Gasteiger charge is -2.12. The normalized spacial score (nSPS) is 11.4. The van der Waals surface area contributed by atoms with Crippen LogP contribution < -0.4 is 11.2 Å². The first-order valence-electron chi connectivity index (χ1n) is 9.49. The lowest BCUT2D eigenvalue weighted by molar-refractivity contribution is 0.442. The number of para-hydroxylation sites is 2. The first-order chi connectivity index (χ1) is 15.0. The summed E-state index contributed by atoms with van der Waals surface area (Å²) in [5.41, 5.74) is 1.55. The van der Waals surface area contributed by atoms with Crippen molar-refractivity contribution in [2.45, 2.75) is 23.6 Å². The molecular formula is C23H16N2O5S. The van der Waals surface area contributed by atoms with E-state index in [9.17, 15) is 14.7 Å². The summed E-state index contributed by atoms with van der Waals surface area (Å²) in [5.74, 6) is -0.440. The number of pyridine rings is 1. The molecule has 0 saturated carbocycles. The SMILES string of the molecule is Cc1cc2oc(=O)c(Sc3nc4ccccc4o3)c(O)c2c(=O)n1Cc1ccccc1. The molecule has 3 aromatic heterocycles. The molecule has 0 radical (unpaired) electrons. The van der Waals surface area contributed by atoms with Crippen molar-refractivity contribution in [3.8, 4) is 5.75 Å². The van der Waals surface area contributed by atoms with Crippen LogP contribution in [0.2, 0.25) is 0 Å². The summed E-state index contributed by atoms with van der Waals surface area (Å²) in [6.07, 6.45) is 0. The van der Waals surface area contributed by atoms with Crippen molar-refractivity contribution in [1.29, 1.82) is 0 Å². The molecule has 0 aliphatic rings. The van der Waals surface area contributed by atoms with Gasteiger partial charge in [-0.3, -0.25) is 4.79 Å². The van der Waals surface area contributed by atoms with Crippen molar-refractivity contribution in [3.05, 3.63) is 92.7 Å². The second kappa shape index (κ2) is 7.48. The molecule has 0 bridgehead atoms. The molecule has 0 atom stereocenters. The zero-order valence-corrected chi connectivity index (χ0v) is 17.2. The predicted molar refractivity (Wildman–Crippen MR) is 117 cm³/mol. The van der Waals surface area contributed by atoms with Gasteiger partial charge in [0.1, 0.15) is 21.4 Å². The highest BCUT2D eigenvalue weighted by Gasteiger charge is 2.22. The third-order valence-electron chi connectivity index (χ3n) is 4.96. The molecule has 0 saturated heterocycles. The Morgan fingerprint density at radius 2 is 1.74 bits per heavy atom. The number of rotatable bonds is 4. The van der Waals surface area contributed by atoms with Gasteiger partial charge in [0.15, 0.2) is 11.3 Å². The van der Waals surface area contributed by atoms with E-state index in [1.54, 1.807) is 31.2 Å². The molecular weight excluding hydrogens is 416 g/mol. The van der Waals surface area contributed by atoms with Gasteiger partial charge in [-0.05, 0) is 36.4 Å². The lowest BCUT2D eigenvalue weighted by atomic mass is 10.2. The molecule has 31 heavy (non-hydrogen) atoms.